The van der Waals surface area contributed by atoms with Crippen LogP contribution >= 0.6 is 11.8 Å². The van der Waals surface area contributed by atoms with Gasteiger partial charge in [-0.15, -0.1) is 11.8 Å². The average molecular weight is 352 g/mol. The van der Waals surface area contributed by atoms with E-state index in [1.807, 2.05) is 23.1 Å². The van der Waals surface area contributed by atoms with Crippen molar-refractivity contribution in [3.05, 3.63) is 60.9 Å². The number of aromatic nitrogens is 5. The molecular formula is C18H20N6S. The summed E-state index contributed by atoms with van der Waals surface area (Å²) in [6.45, 7) is 1.90. The molecule has 7 heteroatoms. The maximum absolute atomic E-state index is 4.81. The molecule has 3 heterocycles. The molecule has 1 unspecified atom stereocenters. The van der Waals surface area contributed by atoms with Crippen molar-refractivity contribution in [2.75, 3.05) is 18.0 Å². The van der Waals surface area contributed by atoms with Gasteiger partial charge in [0.05, 0.1) is 18.4 Å². The largest absolute Gasteiger partial charge is 0.353 e. The van der Waals surface area contributed by atoms with Gasteiger partial charge in [0.2, 0.25) is 0 Å². The Morgan fingerprint density at radius 1 is 1.12 bits per heavy atom. The van der Waals surface area contributed by atoms with Crippen molar-refractivity contribution in [2.45, 2.75) is 29.7 Å². The summed E-state index contributed by atoms with van der Waals surface area (Å²) in [5.74, 6) is 1.85. The van der Waals surface area contributed by atoms with Crippen molar-refractivity contribution in [3.63, 3.8) is 0 Å². The second kappa shape index (κ2) is 7.65. The molecule has 2 aromatic heterocycles. The zero-order chi connectivity index (χ0) is 16.9. The Hall–Kier alpha value is -2.41. The first-order chi connectivity index (χ1) is 12.4. The Morgan fingerprint density at radius 3 is 2.88 bits per heavy atom. The molecule has 1 aliphatic rings. The van der Waals surface area contributed by atoms with Crippen LogP contribution in [0.15, 0.2) is 60.4 Å². The van der Waals surface area contributed by atoms with Crippen LogP contribution in [-0.4, -0.2) is 37.8 Å². The lowest BCUT2D eigenvalue weighted by atomic mass is 10.1. The van der Waals surface area contributed by atoms with Crippen LogP contribution in [0.5, 0.6) is 0 Å². The van der Waals surface area contributed by atoms with E-state index in [0.29, 0.717) is 6.04 Å². The Bertz CT molecular complexity index is 792. The Kier molecular flexibility index (Phi) is 4.92. The quantitative estimate of drug-likeness (QED) is 0.657. The molecule has 0 amide bonds. The topological polar surface area (TPSA) is 59.7 Å². The normalized spacial score (nSPS) is 17.6. The summed E-state index contributed by atoms with van der Waals surface area (Å²) in [6, 6.07) is 10.8. The van der Waals surface area contributed by atoms with E-state index in [2.05, 4.69) is 44.2 Å². The standard InChI is InChI=1S/C18H20N6S/c1-2-5-15(6-3-1)12-25-18-10-19-9-17(22-18)23-8-4-7-16(11-23)24-14-20-13-21-24/h1-3,5-6,9-10,13-14,16H,4,7-8,11-12H2. The number of hydrogen-bond acceptors (Lipinski definition) is 6. The molecule has 128 valence electrons. The molecule has 6 nitrogen and oxygen atoms in total. The zero-order valence-electron chi connectivity index (χ0n) is 13.9. The highest BCUT2D eigenvalue weighted by Crippen LogP contribution is 2.26. The van der Waals surface area contributed by atoms with Gasteiger partial charge in [-0.2, -0.15) is 5.10 Å². The lowest BCUT2D eigenvalue weighted by Crippen LogP contribution is -2.37. The monoisotopic (exact) mass is 352 g/mol. The molecule has 0 N–H and O–H groups in total. The van der Waals surface area contributed by atoms with Crippen LogP contribution < -0.4 is 4.90 Å². The highest BCUT2D eigenvalue weighted by atomic mass is 32.2. The van der Waals surface area contributed by atoms with Crippen LogP contribution in [0, 0.1) is 0 Å². The third-order valence-electron chi connectivity index (χ3n) is 4.36. The van der Waals surface area contributed by atoms with Crippen LogP contribution in [0.3, 0.4) is 0 Å². The van der Waals surface area contributed by atoms with Crippen molar-refractivity contribution >= 4 is 17.6 Å². The number of thioether (sulfide) groups is 1. The Balaban J connectivity index is 1.43. The Labute approximate surface area is 151 Å². The minimum Gasteiger partial charge on any atom is -0.353 e. The van der Waals surface area contributed by atoms with Crippen molar-refractivity contribution in [1.29, 1.82) is 0 Å². The third-order valence-corrected chi connectivity index (χ3v) is 5.33. The zero-order valence-corrected chi connectivity index (χ0v) is 14.7. The van der Waals surface area contributed by atoms with E-state index in [1.54, 1.807) is 24.4 Å². The molecule has 1 aliphatic heterocycles. The van der Waals surface area contributed by atoms with E-state index in [1.165, 1.54) is 5.56 Å². The summed E-state index contributed by atoms with van der Waals surface area (Å²) >= 11 is 1.72. The van der Waals surface area contributed by atoms with E-state index in [9.17, 15) is 0 Å². The molecule has 1 saturated heterocycles. The van der Waals surface area contributed by atoms with Gasteiger partial charge in [-0.25, -0.2) is 14.6 Å². The van der Waals surface area contributed by atoms with Gasteiger partial charge >= 0.3 is 0 Å². The number of nitrogens with zero attached hydrogens (tertiary/aromatic N) is 6. The number of anilines is 1. The fraction of sp³-hybridized carbons (Fsp3) is 0.333. The average Bonchev–Trinajstić information content (AvgIpc) is 3.22. The van der Waals surface area contributed by atoms with Crippen LogP contribution in [0.4, 0.5) is 5.82 Å². The lowest BCUT2D eigenvalue weighted by Gasteiger charge is -2.33. The molecule has 3 aromatic rings. The van der Waals surface area contributed by atoms with Crippen LogP contribution in [0.25, 0.3) is 0 Å². The number of rotatable bonds is 5. The van der Waals surface area contributed by atoms with Gasteiger partial charge in [0, 0.05) is 18.8 Å². The molecule has 0 radical (unpaired) electrons. The van der Waals surface area contributed by atoms with Gasteiger partial charge in [-0.3, -0.25) is 4.98 Å². The van der Waals surface area contributed by atoms with Crippen LogP contribution in [0.1, 0.15) is 24.4 Å². The smallest absolute Gasteiger partial charge is 0.148 e. The van der Waals surface area contributed by atoms with Gasteiger partial charge in [0.1, 0.15) is 23.5 Å². The second-order valence-corrected chi connectivity index (χ2v) is 7.10. The first-order valence-corrected chi connectivity index (χ1v) is 9.45. The van der Waals surface area contributed by atoms with Gasteiger partial charge < -0.3 is 4.90 Å². The van der Waals surface area contributed by atoms with Crippen molar-refractivity contribution in [3.8, 4) is 0 Å². The molecule has 1 aromatic carbocycles. The molecule has 0 spiro atoms. The molecule has 4 rings (SSSR count). The van der Waals surface area contributed by atoms with E-state index in [-0.39, 0.29) is 0 Å². The summed E-state index contributed by atoms with van der Waals surface area (Å²) in [4.78, 5) is 15.6. The molecular weight excluding hydrogens is 332 g/mol. The summed E-state index contributed by atoms with van der Waals surface area (Å²) in [6.07, 6.45) is 9.33. The summed E-state index contributed by atoms with van der Waals surface area (Å²) in [5, 5.41) is 5.25. The number of benzene rings is 1. The van der Waals surface area contributed by atoms with Crippen molar-refractivity contribution < 1.29 is 0 Å². The van der Waals surface area contributed by atoms with Crippen LogP contribution in [-0.2, 0) is 5.75 Å². The highest BCUT2D eigenvalue weighted by molar-refractivity contribution is 7.98. The Morgan fingerprint density at radius 2 is 2.04 bits per heavy atom. The van der Waals surface area contributed by atoms with Crippen molar-refractivity contribution in [1.82, 2.24) is 24.7 Å². The SMILES string of the molecule is c1ccc(CSc2cncc(N3CCCC(n4cncn4)C3)n2)cc1. The minimum absolute atomic E-state index is 0.346. The predicted molar refractivity (Wildman–Crippen MR) is 98.5 cm³/mol. The van der Waals surface area contributed by atoms with E-state index >= 15 is 0 Å². The van der Waals surface area contributed by atoms with Crippen molar-refractivity contribution in [2.24, 2.45) is 0 Å². The van der Waals surface area contributed by atoms with Gasteiger partial charge in [-0.05, 0) is 18.4 Å². The van der Waals surface area contributed by atoms with Crippen LogP contribution in [0.2, 0.25) is 0 Å². The van der Waals surface area contributed by atoms with E-state index in [0.717, 1.165) is 42.5 Å². The van der Waals surface area contributed by atoms with E-state index in [4.69, 9.17) is 4.98 Å². The summed E-state index contributed by atoms with van der Waals surface area (Å²) in [5.41, 5.74) is 1.30. The second-order valence-electron chi connectivity index (χ2n) is 6.11. The fourth-order valence-corrected chi connectivity index (χ4v) is 3.88. The summed E-state index contributed by atoms with van der Waals surface area (Å²) in [7, 11) is 0. The first kappa shape index (κ1) is 16.1. The first-order valence-electron chi connectivity index (χ1n) is 8.46. The third kappa shape index (κ3) is 3.99. The maximum Gasteiger partial charge on any atom is 0.148 e. The number of hydrogen-bond donors (Lipinski definition) is 0. The number of piperidine rings is 1. The molecule has 25 heavy (non-hydrogen) atoms. The molecule has 1 fully saturated rings. The minimum atomic E-state index is 0.346. The van der Waals surface area contributed by atoms with E-state index < -0.39 is 0 Å². The molecule has 0 aliphatic carbocycles. The lowest BCUT2D eigenvalue weighted by molar-refractivity contribution is 0.373. The summed E-state index contributed by atoms with van der Waals surface area (Å²) < 4.78 is 1.95. The van der Waals surface area contributed by atoms with Gasteiger partial charge in [0.25, 0.3) is 0 Å². The van der Waals surface area contributed by atoms with Gasteiger partial charge in [-0.1, -0.05) is 30.3 Å². The molecule has 1 atom stereocenters. The predicted octanol–water partition coefficient (Wildman–Crippen LogP) is 3.20. The molecule has 0 bridgehead atoms. The maximum atomic E-state index is 4.81. The fourth-order valence-electron chi connectivity index (χ4n) is 3.08. The molecule has 0 saturated carbocycles. The van der Waals surface area contributed by atoms with Gasteiger partial charge in [0.15, 0.2) is 0 Å². The highest BCUT2D eigenvalue weighted by Gasteiger charge is 2.23.